The van der Waals surface area contributed by atoms with Crippen molar-refractivity contribution in [3.8, 4) is 0 Å². The number of benzene rings is 1. The molecule has 0 bridgehead atoms. The molecule has 8 heteroatoms. The zero-order valence-electron chi connectivity index (χ0n) is 15.6. The Hall–Kier alpha value is -2.29. The summed E-state index contributed by atoms with van der Waals surface area (Å²) in [5.41, 5.74) is 2.28. The van der Waals surface area contributed by atoms with E-state index < -0.39 is 0 Å². The smallest absolute Gasteiger partial charge is 0.280 e. The predicted octanol–water partition coefficient (Wildman–Crippen LogP) is 2.32. The number of nitrogens with zero attached hydrogens (tertiary/aromatic N) is 5. The van der Waals surface area contributed by atoms with Gasteiger partial charge in [-0.1, -0.05) is 23.5 Å². The Morgan fingerprint density at radius 1 is 1.30 bits per heavy atom. The number of amides is 1. The maximum absolute atomic E-state index is 13.3. The number of hydrogen-bond donors (Lipinski definition) is 0. The zero-order chi connectivity index (χ0) is 18.8. The van der Waals surface area contributed by atoms with Crippen molar-refractivity contribution in [3.63, 3.8) is 0 Å². The second-order valence-electron chi connectivity index (χ2n) is 6.71. The Bertz CT molecular complexity index is 912. The molecule has 0 unspecified atom stereocenters. The molecule has 1 aromatic carbocycles. The minimum atomic E-state index is -0.0968. The molecule has 27 heavy (non-hydrogen) atoms. The van der Waals surface area contributed by atoms with Gasteiger partial charge in [0.1, 0.15) is 0 Å². The molecule has 7 nitrogen and oxygen atoms in total. The van der Waals surface area contributed by atoms with Crippen LogP contribution in [0.25, 0.3) is 10.2 Å². The summed E-state index contributed by atoms with van der Waals surface area (Å²) >= 11 is 1.54. The third-order valence-corrected chi connectivity index (χ3v) is 5.78. The molecule has 1 amide bonds. The fourth-order valence-electron chi connectivity index (χ4n) is 3.27. The lowest BCUT2D eigenvalue weighted by molar-refractivity contribution is 0.0391. The second kappa shape index (κ2) is 7.75. The van der Waals surface area contributed by atoms with Gasteiger partial charge in [0.15, 0.2) is 10.8 Å². The first-order chi connectivity index (χ1) is 13.1. The number of thiazole rings is 1. The Labute approximate surface area is 162 Å². The van der Waals surface area contributed by atoms with Crippen LogP contribution in [0.4, 0.5) is 5.13 Å². The van der Waals surface area contributed by atoms with E-state index in [1.165, 1.54) is 0 Å². The predicted molar refractivity (Wildman–Crippen MR) is 107 cm³/mol. The van der Waals surface area contributed by atoms with Crippen LogP contribution in [-0.2, 0) is 11.8 Å². The number of aromatic nitrogens is 3. The molecule has 0 radical (unpaired) electrons. The lowest BCUT2D eigenvalue weighted by Gasteiger charge is -2.29. The summed E-state index contributed by atoms with van der Waals surface area (Å²) in [6.07, 6.45) is 1.87. The first-order valence-corrected chi connectivity index (χ1v) is 9.91. The summed E-state index contributed by atoms with van der Waals surface area (Å²) in [7, 11) is 1.83. The van der Waals surface area contributed by atoms with Crippen molar-refractivity contribution >= 4 is 32.6 Å². The van der Waals surface area contributed by atoms with Crippen molar-refractivity contribution in [3.05, 3.63) is 41.7 Å². The monoisotopic (exact) mass is 385 g/mol. The van der Waals surface area contributed by atoms with Gasteiger partial charge in [-0.3, -0.25) is 19.3 Å². The normalized spacial score (nSPS) is 15.3. The van der Waals surface area contributed by atoms with Gasteiger partial charge in [-0.05, 0) is 19.1 Å². The molecule has 3 aromatic rings. The molecule has 4 rings (SSSR count). The average molecular weight is 385 g/mol. The Morgan fingerprint density at radius 3 is 2.78 bits per heavy atom. The molecule has 3 heterocycles. The van der Waals surface area contributed by atoms with Crippen LogP contribution in [0.2, 0.25) is 0 Å². The second-order valence-corrected chi connectivity index (χ2v) is 7.72. The highest BCUT2D eigenvalue weighted by atomic mass is 32.1. The average Bonchev–Trinajstić information content (AvgIpc) is 3.25. The summed E-state index contributed by atoms with van der Waals surface area (Å²) < 4.78 is 8.18. The largest absolute Gasteiger partial charge is 0.379 e. The van der Waals surface area contributed by atoms with E-state index in [1.807, 2.05) is 44.4 Å². The van der Waals surface area contributed by atoms with Crippen molar-refractivity contribution < 1.29 is 9.53 Å². The van der Waals surface area contributed by atoms with E-state index >= 15 is 0 Å². The molecule has 1 aliphatic rings. The molecule has 0 spiro atoms. The van der Waals surface area contributed by atoms with Gasteiger partial charge in [-0.25, -0.2) is 4.98 Å². The lowest BCUT2D eigenvalue weighted by atomic mass is 10.2. The number of rotatable bonds is 5. The van der Waals surface area contributed by atoms with Gasteiger partial charge in [-0.15, -0.1) is 0 Å². The molecule has 0 aliphatic carbocycles. The van der Waals surface area contributed by atoms with Crippen LogP contribution in [-0.4, -0.2) is 65.0 Å². The van der Waals surface area contributed by atoms with E-state index in [2.05, 4.69) is 10.00 Å². The molecule has 0 atom stereocenters. The molecule has 1 saturated heterocycles. The van der Waals surface area contributed by atoms with Gasteiger partial charge in [0.2, 0.25) is 0 Å². The molecule has 2 aromatic heterocycles. The quantitative estimate of drug-likeness (QED) is 0.674. The zero-order valence-corrected chi connectivity index (χ0v) is 16.4. The van der Waals surface area contributed by atoms with Crippen LogP contribution in [0, 0.1) is 6.92 Å². The molecule has 142 valence electrons. The fourth-order valence-corrected chi connectivity index (χ4v) is 4.26. The van der Waals surface area contributed by atoms with Crippen LogP contribution >= 0.6 is 11.3 Å². The summed E-state index contributed by atoms with van der Waals surface area (Å²) in [6, 6.07) is 7.97. The highest BCUT2D eigenvalue weighted by Crippen LogP contribution is 2.29. The van der Waals surface area contributed by atoms with Crippen LogP contribution in [0.15, 0.2) is 30.5 Å². The third-order valence-electron chi connectivity index (χ3n) is 4.72. The molecule has 1 fully saturated rings. The van der Waals surface area contributed by atoms with E-state index in [4.69, 9.17) is 9.72 Å². The van der Waals surface area contributed by atoms with E-state index in [0.717, 1.165) is 53.8 Å². The minimum absolute atomic E-state index is 0.0968. The van der Waals surface area contributed by atoms with E-state index in [-0.39, 0.29) is 5.91 Å². The van der Waals surface area contributed by atoms with Gasteiger partial charge in [-0.2, -0.15) is 5.10 Å². The Kier molecular flexibility index (Phi) is 5.20. The summed E-state index contributed by atoms with van der Waals surface area (Å²) in [4.78, 5) is 22.1. The van der Waals surface area contributed by atoms with Gasteiger partial charge in [0.05, 0.1) is 23.4 Å². The highest BCUT2D eigenvalue weighted by molar-refractivity contribution is 7.22. The number of carbonyl (C=O) groups is 1. The first kappa shape index (κ1) is 18.1. The number of carbonyl (C=O) groups excluding carboxylic acids is 1. The standard InChI is InChI=1S/C19H23N5O2S/c1-14-13-22(2)21-17(14)18(25)24(8-7-23-9-11-26-12-10-23)19-20-15-5-3-4-6-16(15)27-19/h3-6,13H,7-12H2,1-2H3. The molecule has 0 saturated carbocycles. The van der Waals surface area contributed by atoms with Crippen molar-refractivity contribution in [2.24, 2.45) is 7.05 Å². The molecular weight excluding hydrogens is 362 g/mol. The van der Waals surface area contributed by atoms with Crippen molar-refractivity contribution in [2.45, 2.75) is 6.92 Å². The number of morpholine rings is 1. The van der Waals surface area contributed by atoms with Crippen LogP contribution < -0.4 is 4.90 Å². The van der Waals surface area contributed by atoms with E-state index in [0.29, 0.717) is 12.2 Å². The maximum Gasteiger partial charge on any atom is 0.280 e. The van der Waals surface area contributed by atoms with Gasteiger partial charge < -0.3 is 4.74 Å². The lowest BCUT2D eigenvalue weighted by Crippen LogP contribution is -2.43. The summed E-state index contributed by atoms with van der Waals surface area (Å²) in [5.74, 6) is -0.0968. The fraction of sp³-hybridized carbons (Fsp3) is 0.421. The van der Waals surface area contributed by atoms with Crippen LogP contribution in [0.1, 0.15) is 16.1 Å². The van der Waals surface area contributed by atoms with Crippen molar-refractivity contribution in [1.29, 1.82) is 0 Å². The number of para-hydroxylation sites is 1. The number of ether oxygens (including phenoxy) is 1. The SMILES string of the molecule is Cc1cn(C)nc1C(=O)N(CCN1CCOCC1)c1nc2ccccc2s1. The summed E-state index contributed by atoms with van der Waals surface area (Å²) in [6.45, 7) is 6.56. The van der Waals surface area contributed by atoms with Crippen LogP contribution in [0.5, 0.6) is 0 Å². The van der Waals surface area contributed by atoms with Gasteiger partial charge in [0.25, 0.3) is 5.91 Å². The Balaban J connectivity index is 1.63. The van der Waals surface area contributed by atoms with Crippen molar-refractivity contribution in [2.75, 3.05) is 44.3 Å². The Morgan fingerprint density at radius 2 is 2.07 bits per heavy atom. The number of fused-ring (bicyclic) bond motifs is 1. The summed E-state index contributed by atoms with van der Waals surface area (Å²) in [5, 5.41) is 5.10. The first-order valence-electron chi connectivity index (χ1n) is 9.09. The molecular formula is C19H23N5O2S. The number of hydrogen-bond acceptors (Lipinski definition) is 6. The number of anilines is 1. The maximum atomic E-state index is 13.3. The van der Waals surface area contributed by atoms with Gasteiger partial charge in [0, 0.05) is 45.0 Å². The molecule has 0 N–H and O–H groups in total. The highest BCUT2D eigenvalue weighted by Gasteiger charge is 2.25. The number of aryl methyl sites for hydroxylation is 2. The van der Waals surface area contributed by atoms with Gasteiger partial charge >= 0.3 is 0 Å². The topological polar surface area (TPSA) is 63.5 Å². The van der Waals surface area contributed by atoms with Crippen molar-refractivity contribution in [1.82, 2.24) is 19.7 Å². The van der Waals surface area contributed by atoms with Crippen LogP contribution in [0.3, 0.4) is 0 Å². The molecule has 1 aliphatic heterocycles. The minimum Gasteiger partial charge on any atom is -0.379 e. The van der Waals surface area contributed by atoms with E-state index in [9.17, 15) is 4.79 Å². The van der Waals surface area contributed by atoms with E-state index in [1.54, 1.807) is 20.9 Å². The third kappa shape index (κ3) is 3.87.